The molecule has 0 saturated heterocycles. The Balaban J connectivity index is 2.73. The number of aliphatic hydroxyl groups excluding tert-OH is 1. The minimum absolute atomic E-state index is 0.0111. The quantitative estimate of drug-likeness (QED) is 0.740. The van der Waals surface area contributed by atoms with Crippen LogP contribution in [-0.2, 0) is 6.54 Å². The Hall–Kier alpha value is -1.56. The third-order valence-corrected chi connectivity index (χ3v) is 2.64. The topological polar surface area (TPSA) is 79.2 Å². The summed E-state index contributed by atoms with van der Waals surface area (Å²) in [4.78, 5) is 11.7. The van der Waals surface area contributed by atoms with Crippen LogP contribution in [0.25, 0.3) is 0 Å². The molecule has 0 radical (unpaired) electrons. The second kappa shape index (κ2) is 6.39. The third kappa shape index (κ3) is 3.73. The summed E-state index contributed by atoms with van der Waals surface area (Å²) in [5.41, 5.74) is 1.77. The van der Waals surface area contributed by atoms with Crippen molar-refractivity contribution < 1.29 is 9.90 Å². The van der Waals surface area contributed by atoms with Crippen molar-refractivity contribution in [2.45, 2.75) is 34.2 Å². The molecule has 2 amide bonds. The molecular weight excluding hydrogens is 232 g/mol. The van der Waals surface area contributed by atoms with E-state index in [4.69, 9.17) is 5.11 Å². The lowest BCUT2D eigenvalue weighted by molar-refractivity contribution is 0.250. The van der Waals surface area contributed by atoms with E-state index in [2.05, 4.69) is 15.7 Å². The Morgan fingerprint density at radius 3 is 2.67 bits per heavy atom. The van der Waals surface area contributed by atoms with Crippen LogP contribution in [-0.4, -0.2) is 34.1 Å². The van der Waals surface area contributed by atoms with Crippen molar-refractivity contribution in [3.8, 4) is 0 Å². The van der Waals surface area contributed by atoms with Gasteiger partial charge in [-0.3, -0.25) is 5.32 Å². The minimum Gasteiger partial charge on any atom is -0.394 e. The molecule has 0 aliphatic rings. The molecule has 1 aromatic heterocycles. The fourth-order valence-electron chi connectivity index (χ4n) is 1.53. The largest absolute Gasteiger partial charge is 0.394 e. The van der Waals surface area contributed by atoms with E-state index in [1.165, 1.54) is 0 Å². The summed E-state index contributed by atoms with van der Waals surface area (Å²) < 4.78 is 1.61. The first-order valence-electron chi connectivity index (χ1n) is 6.15. The number of anilines is 1. The van der Waals surface area contributed by atoms with Crippen LogP contribution in [0, 0.1) is 19.8 Å². The van der Waals surface area contributed by atoms with Gasteiger partial charge in [0.1, 0.15) is 5.82 Å². The van der Waals surface area contributed by atoms with Crippen LogP contribution in [0.1, 0.15) is 25.1 Å². The van der Waals surface area contributed by atoms with E-state index < -0.39 is 0 Å². The third-order valence-electron chi connectivity index (χ3n) is 2.64. The van der Waals surface area contributed by atoms with Gasteiger partial charge in [0.05, 0.1) is 18.8 Å². The van der Waals surface area contributed by atoms with Crippen LogP contribution in [0.4, 0.5) is 10.6 Å². The van der Waals surface area contributed by atoms with E-state index in [9.17, 15) is 4.79 Å². The van der Waals surface area contributed by atoms with Crippen molar-refractivity contribution in [1.82, 2.24) is 15.1 Å². The lowest BCUT2D eigenvalue weighted by Gasteiger charge is -2.11. The normalized spacial score (nSPS) is 10.8. The Labute approximate surface area is 107 Å². The molecule has 0 aromatic carbocycles. The molecule has 0 bridgehead atoms. The van der Waals surface area contributed by atoms with Gasteiger partial charge < -0.3 is 10.4 Å². The number of nitrogens with zero attached hydrogens (tertiary/aromatic N) is 2. The molecule has 0 spiro atoms. The smallest absolute Gasteiger partial charge is 0.320 e. The molecule has 0 unspecified atom stereocenters. The molecule has 6 heteroatoms. The summed E-state index contributed by atoms with van der Waals surface area (Å²) in [6, 6.07) is -0.245. The van der Waals surface area contributed by atoms with Crippen LogP contribution in [0.2, 0.25) is 0 Å². The fourth-order valence-corrected chi connectivity index (χ4v) is 1.53. The molecular formula is C12H22N4O2. The first kappa shape index (κ1) is 14.5. The van der Waals surface area contributed by atoms with Crippen molar-refractivity contribution in [1.29, 1.82) is 0 Å². The van der Waals surface area contributed by atoms with Gasteiger partial charge in [0, 0.05) is 12.1 Å². The number of aliphatic hydroxyl groups is 1. The molecule has 1 aromatic rings. The highest BCUT2D eigenvalue weighted by atomic mass is 16.3. The summed E-state index contributed by atoms with van der Waals surface area (Å²) in [5.74, 6) is 1.05. The number of carbonyl (C=O) groups excluding carboxylic acids is 1. The summed E-state index contributed by atoms with van der Waals surface area (Å²) >= 11 is 0. The number of amides is 2. The molecule has 3 N–H and O–H groups in total. The average Bonchev–Trinajstić information content (AvgIpc) is 2.55. The van der Waals surface area contributed by atoms with Crippen molar-refractivity contribution >= 4 is 11.8 Å². The number of rotatable bonds is 5. The number of hydrogen-bond donors (Lipinski definition) is 3. The molecule has 0 aliphatic carbocycles. The Bertz CT molecular complexity index is 412. The van der Waals surface area contributed by atoms with Crippen molar-refractivity contribution in [3.05, 3.63) is 11.3 Å². The lowest BCUT2D eigenvalue weighted by Crippen LogP contribution is -2.32. The lowest BCUT2D eigenvalue weighted by atomic mass is 10.2. The highest BCUT2D eigenvalue weighted by Gasteiger charge is 2.13. The van der Waals surface area contributed by atoms with E-state index in [0.717, 1.165) is 11.3 Å². The number of carbonyl (C=O) groups is 1. The molecule has 6 nitrogen and oxygen atoms in total. The molecule has 0 atom stereocenters. The number of aromatic nitrogens is 2. The van der Waals surface area contributed by atoms with Gasteiger partial charge in [-0.05, 0) is 19.8 Å². The summed E-state index contributed by atoms with van der Waals surface area (Å²) in [6.07, 6.45) is 0. The predicted molar refractivity (Wildman–Crippen MR) is 70.6 cm³/mol. The molecule has 18 heavy (non-hydrogen) atoms. The maximum atomic E-state index is 11.7. The van der Waals surface area contributed by atoms with E-state index in [1.807, 2.05) is 27.7 Å². The van der Waals surface area contributed by atoms with Gasteiger partial charge in [-0.2, -0.15) is 5.10 Å². The molecule has 0 aliphatic heterocycles. The maximum absolute atomic E-state index is 11.7. The molecule has 102 valence electrons. The van der Waals surface area contributed by atoms with Crippen LogP contribution in [0.15, 0.2) is 0 Å². The zero-order chi connectivity index (χ0) is 13.7. The van der Waals surface area contributed by atoms with E-state index in [1.54, 1.807) is 4.68 Å². The van der Waals surface area contributed by atoms with Gasteiger partial charge in [-0.15, -0.1) is 0 Å². The number of hydrogen-bond acceptors (Lipinski definition) is 3. The van der Waals surface area contributed by atoms with Crippen molar-refractivity contribution in [3.63, 3.8) is 0 Å². The molecule has 1 rings (SSSR count). The van der Waals surface area contributed by atoms with Crippen LogP contribution < -0.4 is 10.6 Å². The summed E-state index contributed by atoms with van der Waals surface area (Å²) in [7, 11) is 0. The number of urea groups is 1. The monoisotopic (exact) mass is 254 g/mol. The van der Waals surface area contributed by atoms with Gasteiger partial charge in [-0.25, -0.2) is 9.48 Å². The Morgan fingerprint density at radius 1 is 1.44 bits per heavy atom. The summed E-state index contributed by atoms with van der Waals surface area (Å²) in [6.45, 7) is 8.82. The van der Waals surface area contributed by atoms with Crippen LogP contribution >= 0.6 is 0 Å². The van der Waals surface area contributed by atoms with Gasteiger partial charge in [-0.1, -0.05) is 13.8 Å². The standard InChI is InChI=1S/C12H22N4O2/c1-8(2)7-13-12(18)14-11-9(3)10(4)15-16(11)5-6-17/h8,17H,5-7H2,1-4H3,(H2,13,14,18). The van der Waals surface area contributed by atoms with E-state index in [-0.39, 0.29) is 12.6 Å². The SMILES string of the molecule is Cc1nn(CCO)c(NC(=O)NCC(C)C)c1C. The fraction of sp³-hybridized carbons (Fsp3) is 0.667. The average molecular weight is 254 g/mol. The van der Waals surface area contributed by atoms with Gasteiger partial charge in [0.15, 0.2) is 0 Å². The minimum atomic E-state index is -0.245. The second-order valence-electron chi connectivity index (χ2n) is 4.73. The van der Waals surface area contributed by atoms with E-state index >= 15 is 0 Å². The van der Waals surface area contributed by atoms with Crippen molar-refractivity contribution in [2.75, 3.05) is 18.5 Å². The van der Waals surface area contributed by atoms with Gasteiger partial charge in [0.2, 0.25) is 0 Å². The number of aryl methyl sites for hydroxylation is 1. The maximum Gasteiger partial charge on any atom is 0.320 e. The predicted octanol–water partition coefficient (Wildman–Crippen LogP) is 1.27. The zero-order valence-electron chi connectivity index (χ0n) is 11.4. The highest BCUT2D eigenvalue weighted by molar-refractivity contribution is 5.89. The van der Waals surface area contributed by atoms with E-state index in [0.29, 0.717) is 24.8 Å². The second-order valence-corrected chi connectivity index (χ2v) is 4.73. The first-order chi connectivity index (χ1) is 8.45. The van der Waals surface area contributed by atoms with Gasteiger partial charge in [0.25, 0.3) is 0 Å². The molecule has 0 saturated carbocycles. The Kier molecular flexibility index (Phi) is 5.15. The van der Waals surface area contributed by atoms with Crippen molar-refractivity contribution in [2.24, 2.45) is 5.92 Å². The van der Waals surface area contributed by atoms with Gasteiger partial charge >= 0.3 is 6.03 Å². The molecule has 0 fully saturated rings. The molecule has 1 heterocycles. The number of nitrogens with one attached hydrogen (secondary N) is 2. The highest BCUT2D eigenvalue weighted by Crippen LogP contribution is 2.17. The van der Waals surface area contributed by atoms with Crippen LogP contribution in [0.5, 0.6) is 0 Å². The first-order valence-corrected chi connectivity index (χ1v) is 6.15. The van der Waals surface area contributed by atoms with Crippen LogP contribution in [0.3, 0.4) is 0 Å². The summed E-state index contributed by atoms with van der Waals surface area (Å²) in [5, 5.41) is 18.8. The zero-order valence-corrected chi connectivity index (χ0v) is 11.4. The Morgan fingerprint density at radius 2 is 2.11 bits per heavy atom.